The van der Waals surface area contributed by atoms with Crippen LogP contribution < -0.4 is 20.7 Å². The highest BCUT2D eigenvalue weighted by Crippen LogP contribution is 2.38. The fraction of sp³-hybridized carbons (Fsp3) is 0.0667. The molecule has 2 aromatic heterocycles. The lowest BCUT2D eigenvalue weighted by atomic mass is 10.2. The molecule has 0 unspecified atom stereocenters. The summed E-state index contributed by atoms with van der Waals surface area (Å²) in [4.78, 5) is 0. The summed E-state index contributed by atoms with van der Waals surface area (Å²) < 4.78 is 4.87. The molecule has 6 aromatic rings. The number of para-hydroxylation sites is 2. The van der Waals surface area contributed by atoms with E-state index in [2.05, 4.69) is 132 Å². The van der Waals surface area contributed by atoms with Crippen LogP contribution in [0.4, 0.5) is 0 Å². The Morgan fingerprint density at radius 2 is 0.818 bits per heavy atom. The summed E-state index contributed by atoms with van der Waals surface area (Å²) in [6.07, 6.45) is 0. The Morgan fingerprint density at radius 3 is 1.24 bits per heavy atom. The van der Waals surface area contributed by atoms with Gasteiger partial charge in [-0.1, -0.05) is 97.1 Å². The van der Waals surface area contributed by atoms with E-state index in [9.17, 15) is 0 Å². The third-order valence-electron chi connectivity index (χ3n) is 7.60. The van der Waals surface area contributed by atoms with Gasteiger partial charge in [-0.15, -0.1) is 0 Å². The molecule has 33 heavy (non-hydrogen) atoms. The zero-order chi connectivity index (χ0) is 22.2. The number of benzene rings is 4. The lowest BCUT2D eigenvalue weighted by Crippen LogP contribution is -2.72. The fourth-order valence-electron chi connectivity index (χ4n) is 6.35. The summed E-state index contributed by atoms with van der Waals surface area (Å²) in [5.41, 5.74) is 5.37. The van der Waals surface area contributed by atoms with E-state index in [1.54, 1.807) is 0 Å². The van der Waals surface area contributed by atoms with Crippen LogP contribution in [0.5, 0.6) is 0 Å². The first-order valence-electron chi connectivity index (χ1n) is 11.5. The largest absolute Gasteiger partial charge is 0.342 e. The summed E-state index contributed by atoms with van der Waals surface area (Å²) in [6.45, 7) is 0. The number of hydrogen-bond acceptors (Lipinski definition) is 0. The molecule has 2 nitrogen and oxygen atoms in total. The Kier molecular flexibility index (Phi) is 3.74. The molecule has 0 atom stereocenters. The maximum Gasteiger partial charge on any atom is 0.185 e. The molecular weight excluding hydrogens is 416 g/mol. The lowest BCUT2D eigenvalue weighted by Gasteiger charge is -2.30. The van der Waals surface area contributed by atoms with Gasteiger partial charge >= 0.3 is 0 Å². The predicted molar refractivity (Wildman–Crippen MR) is 142 cm³/mol. The molecule has 7 rings (SSSR count). The molecule has 3 heterocycles. The quantitative estimate of drug-likeness (QED) is 0.359. The molecule has 0 bridgehead atoms. The Bertz CT molecular complexity index is 1550. The number of rotatable bonds is 2. The number of fused-ring (bicyclic) bond motifs is 7. The molecule has 0 radical (unpaired) electrons. The molecule has 0 aliphatic carbocycles. The average Bonchev–Trinajstić information content (AvgIpc) is 3.46. The van der Waals surface area contributed by atoms with Crippen molar-refractivity contribution in [1.82, 2.24) is 9.13 Å². The minimum Gasteiger partial charge on any atom is -0.342 e. The second kappa shape index (κ2) is 6.59. The summed E-state index contributed by atoms with van der Waals surface area (Å²) >= 11 is 0. The van der Waals surface area contributed by atoms with Crippen molar-refractivity contribution in [3.05, 3.63) is 109 Å². The fourth-order valence-corrected chi connectivity index (χ4v) is 12.0. The van der Waals surface area contributed by atoms with Gasteiger partial charge in [0.05, 0.1) is 11.4 Å². The second-order valence-electron chi connectivity index (χ2n) is 9.08. The molecule has 0 fully saturated rings. The number of aromatic nitrogens is 2. The number of nitrogens with zero attached hydrogens (tertiary/aromatic N) is 2. The van der Waals surface area contributed by atoms with E-state index >= 15 is 0 Å². The van der Waals surface area contributed by atoms with Crippen molar-refractivity contribution in [2.75, 3.05) is 0 Å². The van der Waals surface area contributed by atoms with Crippen LogP contribution in [-0.2, 0) is 14.1 Å². The Labute approximate surface area is 194 Å². The van der Waals surface area contributed by atoms with Crippen LogP contribution in [0.3, 0.4) is 0 Å². The molecule has 3 heteroatoms. The van der Waals surface area contributed by atoms with Crippen molar-refractivity contribution < 1.29 is 0 Å². The molecule has 0 saturated carbocycles. The number of hydrogen-bond donors (Lipinski definition) is 0. The first-order valence-corrected chi connectivity index (χ1v) is 13.5. The molecule has 0 N–H and O–H groups in total. The van der Waals surface area contributed by atoms with E-state index in [1.807, 2.05) is 0 Å². The molecule has 1 aliphatic rings. The Hall–Kier alpha value is -3.82. The van der Waals surface area contributed by atoms with Crippen LogP contribution in [-0.4, -0.2) is 17.2 Å². The van der Waals surface area contributed by atoms with Gasteiger partial charge in [0.15, 0.2) is 8.07 Å². The minimum absolute atomic E-state index is 1.31. The van der Waals surface area contributed by atoms with Crippen LogP contribution in [0.15, 0.2) is 109 Å². The summed E-state index contributed by atoms with van der Waals surface area (Å²) in [5.74, 6) is 0. The monoisotopic (exact) mass is 440 g/mol. The van der Waals surface area contributed by atoms with E-state index in [1.165, 1.54) is 53.9 Å². The van der Waals surface area contributed by atoms with E-state index in [0.717, 1.165) is 0 Å². The van der Waals surface area contributed by atoms with Gasteiger partial charge < -0.3 is 9.13 Å². The van der Waals surface area contributed by atoms with Gasteiger partial charge in [-0.2, -0.15) is 0 Å². The van der Waals surface area contributed by atoms with E-state index < -0.39 is 8.07 Å². The van der Waals surface area contributed by atoms with Crippen LogP contribution >= 0.6 is 0 Å². The first-order chi connectivity index (χ1) is 16.2. The lowest BCUT2D eigenvalue weighted by molar-refractivity contribution is 0.930. The van der Waals surface area contributed by atoms with Gasteiger partial charge in [0.1, 0.15) is 0 Å². The highest BCUT2D eigenvalue weighted by Gasteiger charge is 2.53. The molecule has 4 aromatic carbocycles. The van der Waals surface area contributed by atoms with Crippen LogP contribution in [0, 0.1) is 0 Å². The molecule has 0 amide bonds. The minimum atomic E-state index is -2.55. The highest BCUT2D eigenvalue weighted by molar-refractivity contribution is 7.24. The van der Waals surface area contributed by atoms with E-state index in [-0.39, 0.29) is 0 Å². The molecular formula is C30H24N2Si. The average molecular weight is 441 g/mol. The van der Waals surface area contributed by atoms with Gasteiger partial charge in [-0.3, -0.25) is 0 Å². The highest BCUT2D eigenvalue weighted by atomic mass is 28.3. The van der Waals surface area contributed by atoms with Crippen molar-refractivity contribution >= 4 is 50.6 Å². The number of aryl methyl sites for hydroxylation is 2. The molecule has 0 saturated heterocycles. The van der Waals surface area contributed by atoms with Crippen molar-refractivity contribution in [2.45, 2.75) is 0 Å². The third kappa shape index (κ3) is 2.18. The second-order valence-corrected chi connectivity index (χ2v) is 12.7. The van der Waals surface area contributed by atoms with Crippen molar-refractivity contribution in [3.63, 3.8) is 0 Å². The van der Waals surface area contributed by atoms with E-state index in [0.29, 0.717) is 0 Å². The Balaban J connectivity index is 1.82. The summed E-state index contributed by atoms with van der Waals surface area (Å²) in [5, 5.41) is 8.73. The van der Waals surface area contributed by atoms with Crippen molar-refractivity contribution in [3.8, 4) is 11.4 Å². The predicted octanol–water partition coefficient (Wildman–Crippen LogP) is 4.03. The van der Waals surface area contributed by atoms with E-state index in [4.69, 9.17) is 0 Å². The smallest absolute Gasteiger partial charge is 0.185 e. The Morgan fingerprint density at radius 1 is 0.455 bits per heavy atom. The zero-order valence-electron chi connectivity index (χ0n) is 18.8. The molecule has 1 aliphatic heterocycles. The SMILES string of the molecule is Cn1c2c(c3ccccc31)[Si](c1ccccc1)(c1ccccc1)c1c-2n(C)c2ccccc12. The van der Waals surface area contributed by atoms with Gasteiger partial charge in [0.25, 0.3) is 0 Å². The van der Waals surface area contributed by atoms with Crippen molar-refractivity contribution in [2.24, 2.45) is 14.1 Å². The van der Waals surface area contributed by atoms with Crippen LogP contribution in [0.1, 0.15) is 0 Å². The molecule has 0 spiro atoms. The third-order valence-corrected chi connectivity index (χ3v) is 12.5. The van der Waals surface area contributed by atoms with Crippen LogP contribution in [0.2, 0.25) is 0 Å². The first kappa shape index (κ1) is 18.7. The maximum atomic E-state index is 2.43. The normalized spacial score (nSPS) is 14.0. The standard InChI is InChI=1S/C30H24N2Si/c1-31-25-19-11-9-17-23(25)29-27(31)28-30(24-18-10-12-20-26(24)32(28)2)33(29,21-13-5-3-6-14-21)22-15-7-4-8-16-22/h3-20H,1-2H3. The molecule has 158 valence electrons. The van der Waals surface area contributed by atoms with Crippen molar-refractivity contribution in [1.29, 1.82) is 0 Å². The van der Waals surface area contributed by atoms with Gasteiger partial charge in [-0.05, 0) is 32.9 Å². The summed E-state index contributed by atoms with van der Waals surface area (Å²) in [7, 11) is 1.92. The maximum absolute atomic E-state index is 2.55. The topological polar surface area (TPSA) is 9.86 Å². The van der Waals surface area contributed by atoms with Gasteiger partial charge in [0.2, 0.25) is 0 Å². The van der Waals surface area contributed by atoms with Gasteiger partial charge in [-0.25, -0.2) is 0 Å². The van der Waals surface area contributed by atoms with Crippen LogP contribution in [0.25, 0.3) is 33.2 Å². The van der Waals surface area contributed by atoms with Gasteiger partial charge in [0, 0.05) is 35.9 Å². The zero-order valence-corrected chi connectivity index (χ0v) is 19.8. The summed E-state index contributed by atoms with van der Waals surface area (Å²) in [6, 6.07) is 40.5.